The maximum absolute atomic E-state index is 4.47. The molecule has 0 spiro atoms. The van der Waals surface area contributed by atoms with Crippen LogP contribution in [-0.2, 0) is 13.6 Å². The molecule has 0 saturated heterocycles. The predicted octanol–water partition coefficient (Wildman–Crippen LogP) is 1.02. The zero-order valence-corrected chi connectivity index (χ0v) is 7.67. The van der Waals surface area contributed by atoms with E-state index in [4.69, 9.17) is 0 Å². The monoisotopic (exact) mass is 165 g/mol. The number of aryl methyl sites for hydroxylation is 1. The van der Waals surface area contributed by atoms with E-state index in [9.17, 15) is 0 Å². The molecule has 1 heterocycles. The van der Waals surface area contributed by atoms with Gasteiger partial charge in [0.05, 0.1) is 5.69 Å². The molecule has 1 saturated carbocycles. The van der Waals surface area contributed by atoms with E-state index in [1.165, 1.54) is 24.1 Å². The van der Waals surface area contributed by atoms with Crippen molar-refractivity contribution in [2.45, 2.75) is 25.3 Å². The van der Waals surface area contributed by atoms with Crippen LogP contribution in [-0.4, -0.2) is 16.8 Å². The first-order valence-corrected chi connectivity index (χ1v) is 4.48. The van der Waals surface area contributed by atoms with Crippen molar-refractivity contribution in [3.8, 4) is 0 Å². The van der Waals surface area contributed by atoms with Crippen LogP contribution >= 0.6 is 0 Å². The van der Waals surface area contributed by atoms with E-state index in [1.807, 2.05) is 18.8 Å². The highest BCUT2D eigenvalue weighted by atomic mass is 15.3. The first-order chi connectivity index (χ1) is 5.81. The second-order valence-corrected chi connectivity index (χ2v) is 3.52. The van der Waals surface area contributed by atoms with E-state index in [0.29, 0.717) is 0 Å². The molecule has 1 aromatic heterocycles. The average Bonchev–Trinajstić information content (AvgIpc) is 2.79. The number of nitrogens with one attached hydrogen (secondary N) is 1. The van der Waals surface area contributed by atoms with Crippen LogP contribution in [0, 0.1) is 0 Å². The lowest BCUT2D eigenvalue weighted by molar-refractivity contribution is 0.744. The van der Waals surface area contributed by atoms with Gasteiger partial charge < -0.3 is 5.32 Å². The standard InChI is InChI=1S/C9H15N3/c1-10-5-8-6-12(2)11-9(8)7-3-4-7/h6-7,10H,3-5H2,1-2H3. The van der Waals surface area contributed by atoms with Crippen LogP contribution in [0.2, 0.25) is 0 Å². The van der Waals surface area contributed by atoms with Gasteiger partial charge in [0.2, 0.25) is 0 Å². The first kappa shape index (κ1) is 7.80. The molecule has 1 N–H and O–H groups in total. The molecule has 12 heavy (non-hydrogen) atoms. The molecule has 3 nitrogen and oxygen atoms in total. The molecular formula is C9H15N3. The molecule has 1 aliphatic carbocycles. The number of rotatable bonds is 3. The van der Waals surface area contributed by atoms with Crippen molar-refractivity contribution < 1.29 is 0 Å². The normalized spacial score (nSPS) is 16.8. The largest absolute Gasteiger partial charge is 0.316 e. The van der Waals surface area contributed by atoms with Crippen molar-refractivity contribution in [3.63, 3.8) is 0 Å². The molecule has 3 heteroatoms. The van der Waals surface area contributed by atoms with Crippen LogP contribution in [0.15, 0.2) is 6.20 Å². The molecule has 0 bridgehead atoms. The Morgan fingerprint density at radius 2 is 2.42 bits per heavy atom. The molecule has 0 aliphatic heterocycles. The molecular weight excluding hydrogens is 150 g/mol. The van der Waals surface area contributed by atoms with Crippen LogP contribution in [0.5, 0.6) is 0 Å². The molecule has 0 aromatic carbocycles. The highest BCUT2D eigenvalue weighted by Gasteiger charge is 2.28. The van der Waals surface area contributed by atoms with Crippen LogP contribution in [0.4, 0.5) is 0 Å². The molecule has 0 atom stereocenters. The zero-order chi connectivity index (χ0) is 8.55. The van der Waals surface area contributed by atoms with Crippen LogP contribution < -0.4 is 5.32 Å². The van der Waals surface area contributed by atoms with E-state index in [1.54, 1.807) is 0 Å². The summed E-state index contributed by atoms with van der Waals surface area (Å²) in [6.07, 6.45) is 4.77. The summed E-state index contributed by atoms with van der Waals surface area (Å²) >= 11 is 0. The molecule has 1 aromatic rings. The van der Waals surface area contributed by atoms with E-state index >= 15 is 0 Å². The van der Waals surface area contributed by atoms with E-state index in [2.05, 4.69) is 16.6 Å². The maximum Gasteiger partial charge on any atom is 0.0700 e. The van der Waals surface area contributed by atoms with Gasteiger partial charge in [-0.3, -0.25) is 4.68 Å². The first-order valence-electron chi connectivity index (χ1n) is 4.48. The third-order valence-corrected chi connectivity index (χ3v) is 2.27. The quantitative estimate of drug-likeness (QED) is 0.724. The summed E-state index contributed by atoms with van der Waals surface area (Å²) in [5.74, 6) is 0.759. The highest BCUT2D eigenvalue weighted by molar-refractivity contribution is 5.24. The summed E-state index contributed by atoms with van der Waals surface area (Å²) in [5, 5.41) is 7.63. The summed E-state index contributed by atoms with van der Waals surface area (Å²) in [4.78, 5) is 0. The Hall–Kier alpha value is -0.830. The maximum atomic E-state index is 4.47. The number of nitrogens with zero attached hydrogens (tertiary/aromatic N) is 2. The van der Waals surface area contributed by atoms with Crippen molar-refractivity contribution in [1.29, 1.82) is 0 Å². The fourth-order valence-electron chi connectivity index (χ4n) is 1.58. The summed E-state index contributed by atoms with van der Waals surface area (Å²) in [6.45, 7) is 0.944. The summed E-state index contributed by atoms with van der Waals surface area (Å²) < 4.78 is 1.92. The number of hydrogen-bond acceptors (Lipinski definition) is 2. The van der Waals surface area contributed by atoms with Crippen LogP contribution in [0.3, 0.4) is 0 Å². The lowest BCUT2D eigenvalue weighted by Gasteiger charge is -1.97. The molecule has 66 valence electrons. The lowest BCUT2D eigenvalue weighted by atomic mass is 10.2. The van der Waals surface area contributed by atoms with Crippen molar-refractivity contribution in [2.75, 3.05) is 7.05 Å². The minimum atomic E-state index is 0.759. The summed E-state index contributed by atoms with van der Waals surface area (Å²) in [5.41, 5.74) is 2.68. The Labute approximate surface area is 72.8 Å². The van der Waals surface area contributed by atoms with Crippen molar-refractivity contribution in [3.05, 3.63) is 17.5 Å². The van der Waals surface area contributed by atoms with Gasteiger partial charge in [-0.1, -0.05) is 0 Å². The van der Waals surface area contributed by atoms with Crippen molar-refractivity contribution in [2.24, 2.45) is 7.05 Å². The Bertz CT molecular complexity index is 273. The van der Waals surface area contributed by atoms with Gasteiger partial charge in [0.15, 0.2) is 0 Å². The topological polar surface area (TPSA) is 29.9 Å². The Balaban J connectivity index is 2.24. The van der Waals surface area contributed by atoms with Gasteiger partial charge in [0, 0.05) is 31.3 Å². The third kappa shape index (κ3) is 1.37. The Morgan fingerprint density at radius 3 is 3.00 bits per heavy atom. The fraction of sp³-hybridized carbons (Fsp3) is 0.667. The van der Waals surface area contributed by atoms with Gasteiger partial charge in [0.25, 0.3) is 0 Å². The van der Waals surface area contributed by atoms with Gasteiger partial charge in [0.1, 0.15) is 0 Å². The lowest BCUT2D eigenvalue weighted by Crippen LogP contribution is -2.05. The van der Waals surface area contributed by atoms with Gasteiger partial charge >= 0.3 is 0 Å². The van der Waals surface area contributed by atoms with Gasteiger partial charge in [-0.25, -0.2) is 0 Å². The molecule has 2 rings (SSSR count). The highest BCUT2D eigenvalue weighted by Crippen LogP contribution is 2.40. The predicted molar refractivity (Wildman–Crippen MR) is 47.9 cm³/mol. The smallest absolute Gasteiger partial charge is 0.0700 e. The summed E-state index contributed by atoms with van der Waals surface area (Å²) in [6, 6.07) is 0. The molecule has 0 radical (unpaired) electrons. The number of hydrogen-bond donors (Lipinski definition) is 1. The van der Waals surface area contributed by atoms with Gasteiger partial charge in [-0.15, -0.1) is 0 Å². The minimum Gasteiger partial charge on any atom is -0.316 e. The second kappa shape index (κ2) is 2.90. The third-order valence-electron chi connectivity index (χ3n) is 2.27. The van der Waals surface area contributed by atoms with E-state index < -0.39 is 0 Å². The Kier molecular flexibility index (Phi) is 1.89. The SMILES string of the molecule is CNCc1cn(C)nc1C1CC1. The molecule has 1 fully saturated rings. The average molecular weight is 165 g/mol. The second-order valence-electron chi connectivity index (χ2n) is 3.52. The van der Waals surface area contributed by atoms with Gasteiger partial charge in [-0.05, 0) is 19.9 Å². The Morgan fingerprint density at radius 1 is 1.67 bits per heavy atom. The number of aromatic nitrogens is 2. The fourth-order valence-corrected chi connectivity index (χ4v) is 1.58. The van der Waals surface area contributed by atoms with Gasteiger partial charge in [-0.2, -0.15) is 5.10 Å². The van der Waals surface area contributed by atoms with Crippen LogP contribution in [0.1, 0.15) is 30.0 Å². The van der Waals surface area contributed by atoms with Crippen LogP contribution in [0.25, 0.3) is 0 Å². The molecule has 0 amide bonds. The van der Waals surface area contributed by atoms with Crippen molar-refractivity contribution >= 4 is 0 Å². The molecule has 1 aliphatic rings. The minimum absolute atomic E-state index is 0.759. The summed E-state index contributed by atoms with van der Waals surface area (Å²) in [7, 11) is 3.97. The van der Waals surface area contributed by atoms with Crippen molar-refractivity contribution in [1.82, 2.24) is 15.1 Å². The van der Waals surface area contributed by atoms with E-state index in [0.717, 1.165) is 12.5 Å². The molecule has 0 unspecified atom stereocenters. The zero-order valence-electron chi connectivity index (χ0n) is 7.67. The van der Waals surface area contributed by atoms with E-state index in [-0.39, 0.29) is 0 Å².